The van der Waals surface area contributed by atoms with Crippen molar-refractivity contribution < 1.29 is 0 Å². The highest BCUT2D eigenvalue weighted by Crippen LogP contribution is 2.25. The van der Waals surface area contributed by atoms with Gasteiger partial charge in [0.05, 0.1) is 0 Å². The van der Waals surface area contributed by atoms with Crippen LogP contribution in [0.25, 0.3) is 10.1 Å². The zero-order chi connectivity index (χ0) is 12.1. The van der Waals surface area contributed by atoms with E-state index < -0.39 is 0 Å². The van der Waals surface area contributed by atoms with Gasteiger partial charge in [0.25, 0.3) is 0 Å². The fourth-order valence-corrected chi connectivity index (χ4v) is 3.05. The van der Waals surface area contributed by atoms with E-state index in [9.17, 15) is 0 Å². The van der Waals surface area contributed by atoms with E-state index in [1.807, 2.05) is 11.3 Å². The smallest absolute Gasteiger partial charge is 0.0346 e. The number of hydrogen-bond acceptors (Lipinski definition) is 2. The molecule has 1 heterocycles. The number of rotatable bonds is 6. The van der Waals surface area contributed by atoms with Gasteiger partial charge in [0.15, 0.2) is 0 Å². The Kier molecular flexibility index (Phi) is 5.01. The maximum atomic E-state index is 3.66. The van der Waals surface area contributed by atoms with Crippen LogP contribution in [-0.4, -0.2) is 11.4 Å². The highest BCUT2D eigenvalue weighted by molar-refractivity contribution is 9.09. The van der Waals surface area contributed by atoms with Gasteiger partial charge in [-0.15, -0.1) is 11.3 Å². The summed E-state index contributed by atoms with van der Waals surface area (Å²) in [5, 5.41) is 7.19. The van der Waals surface area contributed by atoms with Gasteiger partial charge in [0.2, 0.25) is 0 Å². The summed E-state index contributed by atoms with van der Waals surface area (Å²) in [6, 6.07) is 8.62. The molecule has 0 bridgehead atoms. The van der Waals surface area contributed by atoms with Crippen molar-refractivity contribution in [2.45, 2.75) is 31.1 Å². The number of thiophene rings is 1. The second kappa shape index (κ2) is 6.53. The van der Waals surface area contributed by atoms with E-state index >= 15 is 0 Å². The summed E-state index contributed by atoms with van der Waals surface area (Å²) in [4.78, 5) is 0.647. The molecule has 1 aromatic carbocycles. The molecule has 2 aromatic rings. The van der Waals surface area contributed by atoms with Gasteiger partial charge in [-0.1, -0.05) is 41.1 Å². The fraction of sp³-hybridized carbons (Fsp3) is 0.429. The third kappa shape index (κ3) is 3.54. The Bertz CT molecular complexity index is 466. The topological polar surface area (TPSA) is 12.0 Å². The SMILES string of the molecule is CCC(Br)CCNCc1csc2ccccc12. The maximum absolute atomic E-state index is 3.66. The van der Waals surface area contributed by atoms with E-state index in [-0.39, 0.29) is 0 Å². The van der Waals surface area contributed by atoms with Crippen LogP contribution in [0.15, 0.2) is 29.6 Å². The second-order valence-corrected chi connectivity index (χ2v) is 6.43. The fourth-order valence-electron chi connectivity index (χ4n) is 1.86. The van der Waals surface area contributed by atoms with Gasteiger partial charge >= 0.3 is 0 Å². The van der Waals surface area contributed by atoms with Gasteiger partial charge in [-0.2, -0.15) is 0 Å². The number of hydrogen-bond donors (Lipinski definition) is 1. The molecule has 1 N–H and O–H groups in total. The van der Waals surface area contributed by atoms with Crippen molar-refractivity contribution in [3.8, 4) is 0 Å². The summed E-state index contributed by atoms with van der Waals surface area (Å²) in [5.41, 5.74) is 1.42. The average Bonchev–Trinajstić information content (AvgIpc) is 2.78. The van der Waals surface area contributed by atoms with Crippen LogP contribution in [0.4, 0.5) is 0 Å². The van der Waals surface area contributed by atoms with Crippen molar-refractivity contribution >= 4 is 37.4 Å². The lowest BCUT2D eigenvalue weighted by Crippen LogP contribution is -2.17. The number of fused-ring (bicyclic) bond motifs is 1. The van der Waals surface area contributed by atoms with Crippen LogP contribution in [-0.2, 0) is 6.54 Å². The zero-order valence-corrected chi connectivity index (χ0v) is 12.5. The Morgan fingerprint density at radius 2 is 2.18 bits per heavy atom. The minimum Gasteiger partial charge on any atom is -0.313 e. The van der Waals surface area contributed by atoms with Crippen LogP contribution in [0.2, 0.25) is 0 Å². The van der Waals surface area contributed by atoms with E-state index in [0.29, 0.717) is 4.83 Å². The van der Waals surface area contributed by atoms with E-state index in [4.69, 9.17) is 0 Å². The molecule has 0 aliphatic rings. The number of nitrogens with one attached hydrogen (secondary N) is 1. The van der Waals surface area contributed by atoms with Crippen LogP contribution in [0.1, 0.15) is 25.3 Å². The first kappa shape index (κ1) is 13.1. The minimum atomic E-state index is 0.647. The van der Waals surface area contributed by atoms with E-state index in [1.165, 1.54) is 28.5 Å². The van der Waals surface area contributed by atoms with Crippen molar-refractivity contribution in [1.29, 1.82) is 0 Å². The molecule has 0 saturated carbocycles. The molecule has 2 rings (SSSR count). The summed E-state index contributed by atoms with van der Waals surface area (Å²) >= 11 is 5.49. The van der Waals surface area contributed by atoms with E-state index in [1.54, 1.807) is 0 Å². The minimum absolute atomic E-state index is 0.647. The van der Waals surface area contributed by atoms with Crippen LogP contribution < -0.4 is 5.32 Å². The first-order valence-corrected chi connectivity index (χ1v) is 7.90. The second-order valence-electron chi connectivity index (χ2n) is 4.23. The van der Waals surface area contributed by atoms with Crippen LogP contribution in [0.3, 0.4) is 0 Å². The van der Waals surface area contributed by atoms with Gasteiger partial charge in [-0.25, -0.2) is 0 Å². The standard InChI is InChI=1S/C14H18BrNS/c1-2-12(15)7-8-16-9-11-10-17-14-6-4-3-5-13(11)14/h3-6,10,12,16H,2,7-9H2,1H3. The lowest BCUT2D eigenvalue weighted by atomic mass is 10.2. The van der Waals surface area contributed by atoms with E-state index in [0.717, 1.165) is 13.1 Å². The van der Waals surface area contributed by atoms with E-state index in [2.05, 4.69) is 57.8 Å². The normalized spacial score (nSPS) is 13.1. The first-order chi connectivity index (χ1) is 8.31. The third-order valence-corrected chi connectivity index (χ3v) is 5.07. The molecule has 1 unspecified atom stereocenters. The van der Waals surface area contributed by atoms with Crippen molar-refractivity contribution in [3.05, 3.63) is 35.2 Å². The van der Waals surface area contributed by atoms with Crippen LogP contribution in [0.5, 0.6) is 0 Å². The molecule has 1 aromatic heterocycles. The molecule has 0 fully saturated rings. The monoisotopic (exact) mass is 311 g/mol. The Balaban J connectivity index is 1.87. The average molecular weight is 312 g/mol. The Morgan fingerprint density at radius 1 is 1.35 bits per heavy atom. The number of alkyl halides is 1. The highest BCUT2D eigenvalue weighted by atomic mass is 79.9. The van der Waals surface area contributed by atoms with Crippen LogP contribution in [0, 0.1) is 0 Å². The first-order valence-electron chi connectivity index (χ1n) is 6.11. The zero-order valence-electron chi connectivity index (χ0n) is 10.1. The summed E-state index contributed by atoms with van der Waals surface area (Å²) in [6.45, 7) is 4.27. The molecule has 0 radical (unpaired) electrons. The lowest BCUT2D eigenvalue weighted by molar-refractivity contribution is 0.632. The van der Waals surface area contributed by atoms with Crippen molar-refractivity contribution in [3.63, 3.8) is 0 Å². The molecule has 17 heavy (non-hydrogen) atoms. The largest absolute Gasteiger partial charge is 0.313 e. The molecule has 92 valence electrons. The molecular weight excluding hydrogens is 294 g/mol. The highest BCUT2D eigenvalue weighted by Gasteiger charge is 2.03. The summed E-state index contributed by atoms with van der Waals surface area (Å²) in [5.74, 6) is 0. The van der Waals surface area contributed by atoms with Crippen molar-refractivity contribution in [2.24, 2.45) is 0 Å². The molecular formula is C14H18BrNS. The quantitative estimate of drug-likeness (QED) is 0.609. The molecule has 0 aliphatic heterocycles. The van der Waals surface area contributed by atoms with Crippen molar-refractivity contribution in [2.75, 3.05) is 6.54 Å². The lowest BCUT2D eigenvalue weighted by Gasteiger charge is -2.07. The molecule has 1 nitrogen and oxygen atoms in total. The molecule has 0 amide bonds. The molecule has 0 spiro atoms. The number of halogens is 1. The third-order valence-electron chi connectivity index (χ3n) is 2.95. The molecule has 0 aliphatic carbocycles. The summed E-state index contributed by atoms with van der Waals surface area (Å²) in [7, 11) is 0. The van der Waals surface area contributed by atoms with Crippen LogP contribution >= 0.6 is 27.3 Å². The molecule has 1 atom stereocenters. The van der Waals surface area contributed by atoms with Gasteiger partial charge in [-0.3, -0.25) is 0 Å². The van der Waals surface area contributed by atoms with Crippen molar-refractivity contribution in [1.82, 2.24) is 5.32 Å². The summed E-state index contributed by atoms with van der Waals surface area (Å²) in [6.07, 6.45) is 2.39. The molecule has 0 saturated heterocycles. The van der Waals surface area contributed by atoms with Gasteiger partial charge in [0.1, 0.15) is 0 Å². The Labute approximate surface area is 115 Å². The predicted octanol–water partition coefficient (Wildman–Crippen LogP) is 4.55. The summed E-state index contributed by atoms with van der Waals surface area (Å²) < 4.78 is 1.39. The Morgan fingerprint density at radius 3 is 3.00 bits per heavy atom. The van der Waals surface area contributed by atoms with Gasteiger partial charge in [-0.05, 0) is 41.8 Å². The predicted molar refractivity (Wildman–Crippen MR) is 81.2 cm³/mol. The maximum Gasteiger partial charge on any atom is 0.0346 e. The number of benzene rings is 1. The van der Waals surface area contributed by atoms with Gasteiger partial charge < -0.3 is 5.32 Å². The Hall–Kier alpha value is -0.380. The van der Waals surface area contributed by atoms with Gasteiger partial charge in [0, 0.05) is 16.1 Å². The molecule has 3 heteroatoms.